The van der Waals surface area contributed by atoms with E-state index < -0.39 is 6.09 Å². The van der Waals surface area contributed by atoms with Crippen LogP contribution in [0.5, 0.6) is 5.75 Å². The van der Waals surface area contributed by atoms with E-state index in [1.54, 1.807) is 41.3 Å². The molecule has 0 saturated carbocycles. The number of halogens is 1. The van der Waals surface area contributed by atoms with Crippen LogP contribution in [-0.2, 0) is 4.74 Å². The highest BCUT2D eigenvalue weighted by molar-refractivity contribution is 5.70. The number of morpholine rings is 1. The summed E-state index contributed by atoms with van der Waals surface area (Å²) in [4.78, 5) is 13.8. The highest BCUT2D eigenvalue weighted by atomic mass is 19.1. The Morgan fingerprint density at radius 2 is 2.00 bits per heavy atom. The monoisotopic (exact) mass is 301 g/mol. The summed E-state index contributed by atoms with van der Waals surface area (Å²) in [7, 11) is 0. The molecule has 1 aliphatic rings. The molecule has 4 nitrogen and oxygen atoms in total. The van der Waals surface area contributed by atoms with Crippen molar-refractivity contribution in [3.63, 3.8) is 0 Å². The summed E-state index contributed by atoms with van der Waals surface area (Å²) in [5.74, 6) is 0.186. The molecule has 1 saturated heterocycles. The van der Waals surface area contributed by atoms with Crippen LogP contribution in [-0.4, -0.2) is 30.7 Å². The Kier molecular flexibility index (Phi) is 4.34. The summed E-state index contributed by atoms with van der Waals surface area (Å²) >= 11 is 0. The summed E-state index contributed by atoms with van der Waals surface area (Å²) < 4.78 is 24.3. The molecule has 0 radical (unpaired) electrons. The molecular formula is C17H16FNO3. The van der Waals surface area contributed by atoms with Gasteiger partial charge in [-0.05, 0) is 29.8 Å². The average molecular weight is 301 g/mol. The Hall–Kier alpha value is -2.40. The molecule has 2 aromatic rings. The molecule has 1 amide bonds. The smallest absolute Gasteiger partial charge is 0.410 e. The molecule has 0 bridgehead atoms. The Balaban J connectivity index is 1.66. The fourth-order valence-electron chi connectivity index (χ4n) is 2.38. The van der Waals surface area contributed by atoms with Crippen molar-refractivity contribution in [3.05, 3.63) is 66.0 Å². The molecule has 2 aromatic carbocycles. The molecule has 1 atom stereocenters. The first kappa shape index (κ1) is 14.5. The van der Waals surface area contributed by atoms with E-state index in [9.17, 15) is 9.18 Å². The summed E-state index contributed by atoms with van der Waals surface area (Å²) in [6.07, 6.45) is -0.760. The van der Waals surface area contributed by atoms with Crippen LogP contribution in [0.15, 0.2) is 54.6 Å². The Morgan fingerprint density at radius 3 is 2.77 bits per heavy atom. The molecule has 22 heavy (non-hydrogen) atoms. The Labute approximate surface area is 128 Å². The van der Waals surface area contributed by atoms with Crippen molar-refractivity contribution in [2.75, 3.05) is 19.7 Å². The van der Waals surface area contributed by atoms with Gasteiger partial charge in [-0.15, -0.1) is 0 Å². The van der Waals surface area contributed by atoms with Crippen molar-refractivity contribution in [2.45, 2.75) is 6.10 Å². The van der Waals surface area contributed by atoms with Crippen molar-refractivity contribution in [1.82, 2.24) is 4.90 Å². The molecule has 0 unspecified atom stereocenters. The maximum atomic E-state index is 13.3. The Bertz CT molecular complexity index is 647. The zero-order chi connectivity index (χ0) is 15.4. The Morgan fingerprint density at radius 1 is 1.18 bits per heavy atom. The summed E-state index contributed by atoms with van der Waals surface area (Å²) in [5.41, 5.74) is 0.720. The van der Waals surface area contributed by atoms with E-state index >= 15 is 0 Å². The van der Waals surface area contributed by atoms with Gasteiger partial charge in [0.2, 0.25) is 0 Å². The number of nitrogens with zero attached hydrogens (tertiary/aromatic N) is 1. The van der Waals surface area contributed by atoms with Crippen LogP contribution >= 0.6 is 0 Å². The minimum atomic E-state index is -0.420. The van der Waals surface area contributed by atoms with Crippen LogP contribution in [0.1, 0.15) is 11.7 Å². The lowest BCUT2D eigenvalue weighted by Gasteiger charge is -2.32. The lowest BCUT2D eigenvalue weighted by Crippen LogP contribution is -2.43. The SMILES string of the molecule is O=C(Oc1ccccc1)N1CCO[C@@H](c2cccc(F)c2)C1. The fraction of sp³-hybridized carbons (Fsp3) is 0.235. The van der Waals surface area contributed by atoms with Gasteiger partial charge in [0, 0.05) is 6.54 Å². The van der Waals surface area contributed by atoms with E-state index in [2.05, 4.69) is 0 Å². The van der Waals surface area contributed by atoms with E-state index in [0.29, 0.717) is 25.4 Å². The topological polar surface area (TPSA) is 38.8 Å². The lowest BCUT2D eigenvalue weighted by molar-refractivity contribution is -0.0219. The molecule has 3 rings (SSSR count). The van der Waals surface area contributed by atoms with Crippen molar-refractivity contribution in [3.8, 4) is 5.75 Å². The highest BCUT2D eigenvalue weighted by Gasteiger charge is 2.26. The first-order chi connectivity index (χ1) is 10.7. The van der Waals surface area contributed by atoms with Gasteiger partial charge < -0.3 is 14.4 Å². The van der Waals surface area contributed by atoms with Gasteiger partial charge in [0.15, 0.2) is 0 Å². The molecule has 0 spiro atoms. The fourth-order valence-corrected chi connectivity index (χ4v) is 2.38. The number of benzene rings is 2. The van der Waals surface area contributed by atoms with Gasteiger partial charge in [-0.2, -0.15) is 0 Å². The number of amides is 1. The van der Waals surface area contributed by atoms with Crippen molar-refractivity contribution >= 4 is 6.09 Å². The van der Waals surface area contributed by atoms with E-state index in [1.165, 1.54) is 12.1 Å². The number of para-hydroxylation sites is 1. The van der Waals surface area contributed by atoms with Crippen molar-refractivity contribution in [2.24, 2.45) is 0 Å². The second-order valence-electron chi connectivity index (χ2n) is 5.04. The van der Waals surface area contributed by atoms with E-state index in [0.717, 1.165) is 5.56 Å². The van der Waals surface area contributed by atoms with E-state index in [4.69, 9.17) is 9.47 Å². The van der Waals surface area contributed by atoms with Crippen molar-refractivity contribution < 1.29 is 18.7 Å². The molecule has 0 aliphatic carbocycles. The highest BCUT2D eigenvalue weighted by Crippen LogP contribution is 2.23. The first-order valence-corrected chi connectivity index (χ1v) is 7.11. The summed E-state index contributed by atoms with van der Waals surface area (Å²) in [6.45, 7) is 1.19. The second kappa shape index (κ2) is 6.58. The standard InChI is InChI=1S/C17H16FNO3/c18-14-6-4-5-13(11-14)16-12-19(9-10-21-16)17(20)22-15-7-2-1-3-8-15/h1-8,11,16H,9-10,12H2/t16-/m1/s1. The van der Waals surface area contributed by atoms with Gasteiger partial charge in [0.1, 0.15) is 17.7 Å². The zero-order valence-corrected chi connectivity index (χ0v) is 11.9. The summed E-state index contributed by atoms with van der Waals surface area (Å²) in [6, 6.07) is 15.1. The van der Waals surface area contributed by atoms with Crippen LogP contribution in [0.3, 0.4) is 0 Å². The number of carbonyl (C=O) groups is 1. The predicted octanol–water partition coefficient (Wildman–Crippen LogP) is 3.40. The third-order valence-corrected chi connectivity index (χ3v) is 3.49. The number of hydrogen-bond donors (Lipinski definition) is 0. The molecule has 0 N–H and O–H groups in total. The van der Waals surface area contributed by atoms with Crippen LogP contribution in [0, 0.1) is 5.82 Å². The molecule has 114 valence electrons. The predicted molar refractivity (Wildman–Crippen MR) is 79.1 cm³/mol. The summed E-state index contributed by atoms with van der Waals surface area (Å²) in [5, 5.41) is 0. The normalized spacial score (nSPS) is 18.0. The van der Waals surface area contributed by atoms with Crippen LogP contribution < -0.4 is 4.74 Å². The third-order valence-electron chi connectivity index (χ3n) is 3.49. The van der Waals surface area contributed by atoms with Crippen LogP contribution in [0.25, 0.3) is 0 Å². The number of hydrogen-bond acceptors (Lipinski definition) is 3. The maximum Gasteiger partial charge on any atom is 0.415 e. The number of rotatable bonds is 2. The van der Waals surface area contributed by atoms with Crippen LogP contribution in [0.4, 0.5) is 9.18 Å². The quantitative estimate of drug-likeness (QED) is 0.853. The second-order valence-corrected chi connectivity index (χ2v) is 5.04. The molecule has 1 heterocycles. The van der Waals surface area contributed by atoms with Gasteiger partial charge in [-0.3, -0.25) is 0 Å². The van der Waals surface area contributed by atoms with E-state index in [-0.39, 0.29) is 11.9 Å². The molecule has 1 aliphatic heterocycles. The first-order valence-electron chi connectivity index (χ1n) is 7.11. The minimum Gasteiger partial charge on any atom is -0.410 e. The molecule has 1 fully saturated rings. The van der Waals surface area contributed by atoms with Gasteiger partial charge in [-0.1, -0.05) is 30.3 Å². The lowest BCUT2D eigenvalue weighted by atomic mass is 10.1. The third kappa shape index (κ3) is 3.43. The minimum absolute atomic E-state index is 0.315. The van der Waals surface area contributed by atoms with Gasteiger partial charge in [0.25, 0.3) is 0 Å². The zero-order valence-electron chi connectivity index (χ0n) is 11.9. The van der Waals surface area contributed by atoms with E-state index in [1.807, 2.05) is 6.07 Å². The maximum absolute atomic E-state index is 13.3. The average Bonchev–Trinajstić information content (AvgIpc) is 2.56. The number of ether oxygens (including phenoxy) is 2. The molecule has 0 aromatic heterocycles. The molecular weight excluding hydrogens is 285 g/mol. The van der Waals surface area contributed by atoms with Crippen LogP contribution in [0.2, 0.25) is 0 Å². The number of carbonyl (C=O) groups excluding carboxylic acids is 1. The van der Waals surface area contributed by atoms with Gasteiger partial charge in [-0.25, -0.2) is 9.18 Å². The molecule has 5 heteroatoms. The van der Waals surface area contributed by atoms with Gasteiger partial charge in [0.05, 0.1) is 13.2 Å². The van der Waals surface area contributed by atoms with Crippen molar-refractivity contribution in [1.29, 1.82) is 0 Å². The largest absolute Gasteiger partial charge is 0.415 e. The van der Waals surface area contributed by atoms with Gasteiger partial charge >= 0.3 is 6.09 Å².